The molecule has 0 spiro atoms. The number of methoxy groups -OCH3 is 1. The van der Waals surface area contributed by atoms with Crippen molar-refractivity contribution < 1.29 is 19.2 Å². The van der Waals surface area contributed by atoms with Crippen molar-refractivity contribution in [2.45, 2.75) is 38.2 Å². The lowest BCUT2D eigenvalue weighted by Gasteiger charge is -2.28. The van der Waals surface area contributed by atoms with Gasteiger partial charge in [-0.2, -0.15) is 0 Å². The number of benzene rings is 2. The lowest BCUT2D eigenvalue weighted by molar-refractivity contribution is -0.384. The SMILES string of the molecule is CCCCC1(Cc2ccc([N+](=O)[O-])cc2OC)Oc2c(Br)cc(Br)cc2C1=O. The third kappa shape index (κ3) is 3.80. The Bertz CT molecular complexity index is 946. The Hall–Kier alpha value is -1.93. The normalized spacial score (nSPS) is 17.9. The van der Waals surface area contributed by atoms with Crippen LogP contribution in [0.5, 0.6) is 11.5 Å². The van der Waals surface area contributed by atoms with E-state index >= 15 is 0 Å². The Morgan fingerprint density at radius 1 is 1.25 bits per heavy atom. The highest BCUT2D eigenvalue weighted by Crippen LogP contribution is 2.46. The minimum atomic E-state index is -1.06. The van der Waals surface area contributed by atoms with Crippen LogP contribution in [0.4, 0.5) is 5.69 Å². The van der Waals surface area contributed by atoms with E-state index in [9.17, 15) is 14.9 Å². The Morgan fingerprint density at radius 3 is 2.64 bits per heavy atom. The lowest BCUT2D eigenvalue weighted by atomic mass is 9.84. The second-order valence-electron chi connectivity index (χ2n) is 6.72. The summed E-state index contributed by atoms with van der Waals surface area (Å²) in [6.45, 7) is 2.05. The molecule has 0 amide bonds. The molecule has 0 radical (unpaired) electrons. The van der Waals surface area contributed by atoms with Gasteiger partial charge in [-0.25, -0.2) is 0 Å². The number of carbonyl (C=O) groups excluding carboxylic acids is 1. The van der Waals surface area contributed by atoms with Gasteiger partial charge in [0.1, 0.15) is 11.5 Å². The highest BCUT2D eigenvalue weighted by molar-refractivity contribution is 9.11. The van der Waals surface area contributed by atoms with Gasteiger partial charge in [-0.15, -0.1) is 0 Å². The summed E-state index contributed by atoms with van der Waals surface area (Å²) < 4.78 is 13.1. The zero-order chi connectivity index (χ0) is 20.5. The molecule has 2 aromatic rings. The number of ketones is 1. The quantitative estimate of drug-likeness (QED) is 0.342. The second kappa shape index (κ2) is 8.21. The number of non-ortho nitro benzene ring substituents is 1. The lowest BCUT2D eigenvalue weighted by Crippen LogP contribution is -2.42. The molecule has 1 unspecified atom stereocenters. The van der Waals surface area contributed by atoms with Crippen LogP contribution in [-0.2, 0) is 6.42 Å². The Morgan fingerprint density at radius 2 is 2.00 bits per heavy atom. The van der Waals surface area contributed by atoms with Crippen LogP contribution in [-0.4, -0.2) is 23.4 Å². The summed E-state index contributed by atoms with van der Waals surface area (Å²) in [6, 6.07) is 8.04. The number of hydrogen-bond acceptors (Lipinski definition) is 5. The molecule has 148 valence electrons. The molecule has 1 aliphatic rings. The van der Waals surface area contributed by atoms with E-state index in [1.807, 2.05) is 6.07 Å². The Balaban J connectivity index is 2.04. The third-order valence-electron chi connectivity index (χ3n) is 4.86. The highest BCUT2D eigenvalue weighted by Gasteiger charge is 2.48. The number of Topliss-reactive ketones (excluding diaryl/α,β-unsaturated/α-hetero) is 1. The zero-order valence-corrected chi connectivity index (χ0v) is 18.6. The average Bonchev–Trinajstić information content (AvgIpc) is 2.93. The largest absolute Gasteiger partial charge is 0.496 e. The van der Waals surface area contributed by atoms with Gasteiger partial charge >= 0.3 is 0 Å². The van der Waals surface area contributed by atoms with Gasteiger partial charge in [-0.05, 0) is 52.5 Å². The van der Waals surface area contributed by atoms with Crippen LogP contribution in [0.3, 0.4) is 0 Å². The van der Waals surface area contributed by atoms with Gasteiger partial charge in [0.25, 0.3) is 5.69 Å². The number of hydrogen-bond donors (Lipinski definition) is 0. The molecule has 0 N–H and O–H groups in total. The fraction of sp³-hybridized carbons (Fsp3) is 0.350. The van der Waals surface area contributed by atoms with Crippen LogP contribution in [0.2, 0.25) is 0 Å². The molecule has 0 saturated carbocycles. The molecule has 0 aromatic heterocycles. The molecule has 0 fully saturated rings. The first-order chi connectivity index (χ1) is 13.3. The smallest absolute Gasteiger partial charge is 0.273 e. The van der Waals surface area contributed by atoms with Crippen molar-refractivity contribution in [1.29, 1.82) is 0 Å². The van der Waals surface area contributed by atoms with Gasteiger partial charge in [0.2, 0.25) is 5.78 Å². The van der Waals surface area contributed by atoms with Crippen LogP contribution in [0.25, 0.3) is 0 Å². The summed E-state index contributed by atoms with van der Waals surface area (Å²) in [5.74, 6) is 0.821. The average molecular weight is 513 g/mol. The summed E-state index contributed by atoms with van der Waals surface area (Å²) in [5.41, 5.74) is 0.0982. The maximum atomic E-state index is 13.4. The van der Waals surface area contributed by atoms with E-state index in [1.54, 1.807) is 12.1 Å². The molecular weight excluding hydrogens is 494 g/mol. The van der Waals surface area contributed by atoms with E-state index in [0.717, 1.165) is 17.3 Å². The first kappa shape index (κ1) is 20.8. The van der Waals surface area contributed by atoms with Gasteiger partial charge < -0.3 is 9.47 Å². The number of carbonyl (C=O) groups is 1. The topological polar surface area (TPSA) is 78.7 Å². The summed E-state index contributed by atoms with van der Waals surface area (Å²) in [4.78, 5) is 24.0. The summed E-state index contributed by atoms with van der Waals surface area (Å²) in [6.07, 6.45) is 2.54. The summed E-state index contributed by atoms with van der Waals surface area (Å²) >= 11 is 6.90. The van der Waals surface area contributed by atoms with Crippen molar-refractivity contribution >= 4 is 43.3 Å². The van der Waals surface area contributed by atoms with E-state index in [4.69, 9.17) is 9.47 Å². The molecule has 28 heavy (non-hydrogen) atoms. The summed E-state index contributed by atoms with van der Waals surface area (Å²) in [5, 5.41) is 11.1. The molecule has 1 aliphatic heterocycles. The van der Waals surface area contributed by atoms with E-state index in [-0.39, 0.29) is 17.9 Å². The zero-order valence-electron chi connectivity index (χ0n) is 15.5. The molecular formula is C20H19Br2NO5. The van der Waals surface area contributed by atoms with Crippen LogP contribution in [0.15, 0.2) is 39.3 Å². The van der Waals surface area contributed by atoms with Crippen LogP contribution in [0, 0.1) is 10.1 Å². The third-order valence-corrected chi connectivity index (χ3v) is 5.90. The van der Waals surface area contributed by atoms with Crippen molar-refractivity contribution in [3.63, 3.8) is 0 Å². The second-order valence-corrected chi connectivity index (χ2v) is 8.49. The number of rotatable bonds is 7. The molecule has 0 saturated heterocycles. The van der Waals surface area contributed by atoms with Gasteiger partial charge in [0, 0.05) is 17.0 Å². The van der Waals surface area contributed by atoms with Crippen molar-refractivity contribution in [1.82, 2.24) is 0 Å². The minimum Gasteiger partial charge on any atom is -0.496 e. The van der Waals surface area contributed by atoms with E-state index in [2.05, 4.69) is 38.8 Å². The number of unbranched alkanes of at least 4 members (excludes halogenated alkanes) is 1. The number of halogens is 2. The predicted molar refractivity (Wildman–Crippen MR) is 112 cm³/mol. The maximum absolute atomic E-state index is 13.4. The van der Waals surface area contributed by atoms with Crippen LogP contribution in [0.1, 0.15) is 42.1 Å². The molecule has 1 atom stereocenters. The molecule has 2 aromatic carbocycles. The number of nitrogens with zero attached hydrogens (tertiary/aromatic N) is 1. The number of nitro groups is 1. The fourth-order valence-corrected chi connectivity index (χ4v) is 4.76. The monoisotopic (exact) mass is 511 g/mol. The Labute approximate surface area is 179 Å². The van der Waals surface area contributed by atoms with E-state index in [0.29, 0.717) is 33.5 Å². The van der Waals surface area contributed by atoms with Gasteiger partial charge in [-0.3, -0.25) is 14.9 Å². The van der Waals surface area contributed by atoms with E-state index < -0.39 is 10.5 Å². The molecule has 3 rings (SSSR count). The standard InChI is InChI=1S/C20H19Br2NO5/c1-3-4-7-20(11-12-5-6-14(23(25)26)10-17(12)27-2)19(24)15-8-13(21)9-16(22)18(15)28-20/h5-6,8-10H,3-4,7,11H2,1-2H3. The number of ether oxygens (including phenoxy) is 2. The van der Waals surface area contributed by atoms with Gasteiger partial charge in [0.15, 0.2) is 5.60 Å². The molecule has 8 heteroatoms. The molecule has 1 heterocycles. The number of nitro benzene ring substituents is 1. The predicted octanol–water partition coefficient (Wildman–Crippen LogP) is 5.88. The Kier molecular flexibility index (Phi) is 6.09. The van der Waals surface area contributed by atoms with Crippen molar-refractivity contribution in [3.05, 3.63) is 60.5 Å². The van der Waals surface area contributed by atoms with Gasteiger partial charge in [0.05, 0.1) is 28.1 Å². The molecule has 0 bridgehead atoms. The van der Waals surface area contributed by atoms with Crippen molar-refractivity contribution in [3.8, 4) is 11.5 Å². The fourth-order valence-electron chi connectivity index (χ4n) is 3.45. The molecule has 6 nitrogen and oxygen atoms in total. The maximum Gasteiger partial charge on any atom is 0.273 e. The van der Waals surface area contributed by atoms with Crippen LogP contribution >= 0.6 is 31.9 Å². The van der Waals surface area contributed by atoms with E-state index in [1.165, 1.54) is 19.2 Å². The van der Waals surface area contributed by atoms with Gasteiger partial charge in [-0.1, -0.05) is 29.3 Å². The summed E-state index contributed by atoms with van der Waals surface area (Å²) in [7, 11) is 1.46. The minimum absolute atomic E-state index is 0.0585. The van der Waals surface area contributed by atoms with Crippen LogP contribution < -0.4 is 9.47 Å². The van der Waals surface area contributed by atoms with Crippen molar-refractivity contribution in [2.24, 2.45) is 0 Å². The first-order valence-electron chi connectivity index (χ1n) is 8.85. The molecule has 0 aliphatic carbocycles. The highest BCUT2D eigenvalue weighted by atomic mass is 79.9. The first-order valence-corrected chi connectivity index (χ1v) is 10.4. The van der Waals surface area contributed by atoms with Crippen molar-refractivity contribution in [2.75, 3.05) is 7.11 Å². The number of fused-ring (bicyclic) bond motifs is 1.